The number of nitrogens with two attached hydrogens (primary N) is 1. The van der Waals surface area contributed by atoms with Gasteiger partial charge < -0.3 is 15.8 Å². The number of nitrogens with zero attached hydrogens (tertiary/aromatic N) is 1. The molecule has 0 aliphatic carbocycles. The maximum Gasteiger partial charge on any atom is 0.416 e. The lowest BCUT2D eigenvalue weighted by molar-refractivity contribution is -0.385. The molecule has 0 aliphatic heterocycles. The molecule has 1 aromatic rings. The second-order valence-corrected chi connectivity index (χ2v) is 6.00. The van der Waals surface area contributed by atoms with Crippen molar-refractivity contribution in [2.24, 2.45) is 5.73 Å². The summed E-state index contributed by atoms with van der Waals surface area (Å²) in [6.45, 7) is 4.56. The van der Waals surface area contributed by atoms with E-state index in [1.807, 2.05) is 0 Å². The van der Waals surface area contributed by atoms with Gasteiger partial charge in [-0.3, -0.25) is 10.1 Å². The molecule has 0 saturated carbocycles. The van der Waals surface area contributed by atoms with Gasteiger partial charge in [0.2, 0.25) is 0 Å². The molecule has 0 heterocycles. The molecule has 7 nitrogen and oxygen atoms in total. The van der Waals surface area contributed by atoms with Gasteiger partial charge in [0, 0.05) is 18.7 Å². The van der Waals surface area contributed by atoms with Crippen LogP contribution in [-0.4, -0.2) is 23.2 Å². The third kappa shape index (κ3) is 5.69. The van der Waals surface area contributed by atoms with Crippen LogP contribution < -0.4 is 11.1 Å². The number of alkyl carbamates (subject to hydrolysis) is 1. The van der Waals surface area contributed by atoms with Gasteiger partial charge in [-0.1, -0.05) is 0 Å². The van der Waals surface area contributed by atoms with Gasteiger partial charge in [0.05, 0.1) is 16.5 Å². The minimum Gasteiger partial charge on any atom is -0.444 e. The quantitative estimate of drug-likeness (QED) is 0.641. The fourth-order valence-corrected chi connectivity index (χ4v) is 1.83. The van der Waals surface area contributed by atoms with E-state index in [-0.39, 0.29) is 12.1 Å². The van der Waals surface area contributed by atoms with Crippen molar-refractivity contribution in [3.63, 3.8) is 0 Å². The largest absolute Gasteiger partial charge is 0.444 e. The SMILES string of the molecule is CC(C)(C)OC(=O)NC(CN)c1cc([N+](=O)[O-])cc(C(F)(F)F)c1. The zero-order valence-electron chi connectivity index (χ0n) is 13.3. The van der Waals surface area contributed by atoms with Crippen molar-refractivity contribution in [2.75, 3.05) is 6.54 Å². The number of carbonyl (C=O) groups excluding carboxylic acids is 1. The Balaban J connectivity index is 3.18. The van der Waals surface area contributed by atoms with Crippen LogP contribution in [0.4, 0.5) is 23.7 Å². The number of nitro benzene ring substituents is 1. The highest BCUT2D eigenvalue weighted by molar-refractivity contribution is 5.68. The molecule has 1 aromatic carbocycles. The van der Waals surface area contributed by atoms with E-state index in [1.54, 1.807) is 20.8 Å². The maximum atomic E-state index is 12.9. The van der Waals surface area contributed by atoms with Gasteiger partial charge in [-0.05, 0) is 32.4 Å². The van der Waals surface area contributed by atoms with Gasteiger partial charge in [-0.15, -0.1) is 0 Å². The van der Waals surface area contributed by atoms with Crippen LogP contribution in [0.2, 0.25) is 0 Å². The smallest absolute Gasteiger partial charge is 0.416 e. The number of nitro groups is 1. The summed E-state index contributed by atoms with van der Waals surface area (Å²) in [5, 5.41) is 13.2. The summed E-state index contributed by atoms with van der Waals surface area (Å²) in [6.07, 6.45) is -5.66. The van der Waals surface area contributed by atoms with Gasteiger partial charge in [-0.25, -0.2) is 4.79 Å². The van der Waals surface area contributed by atoms with Gasteiger partial charge in [0.1, 0.15) is 5.60 Å². The zero-order chi connectivity index (χ0) is 18.7. The minimum atomic E-state index is -4.77. The highest BCUT2D eigenvalue weighted by atomic mass is 19.4. The molecule has 3 N–H and O–H groups in total. The van der Waals surface area contributed by atoms with Gasteiger partial charge in [0.25, 0.3) is 5.69 Å². The third-order valence-corrected chi connectivity index (χ3v) is 2.81. The molecule has 10 heteroatoms. The van der Waals surface area contributed by atoms with E-state index < -0.39 is 40.1 Å². The lowest BCUT2D eigenvalue weighted by Crippen LogP contribution is -2.37. The first-order valence-electron chi connectivity index (χ1n) is 6.89. The van der Waals surface area contributed by atoms with E-state index in [2.05, 4.69) is 5.32 Å². The predicted octanol–water partition coefficient (Wildman–Crippen LogP) is 3.14. The Morgan fingerprint density at radius 3 is 2.33 bits per heavy atom. The second-order valence-electron chi connectivity index (χ2n) is 6.00. The van der Waals surface area contributed by atoms with E-state index in [9.17, 15) is 28.1 Å². The molecular formula is C14H18F3N3O4. The first-order valence-corrected chi connectivity index (χ1v) is 6.89. The number of amides is 1. The fourth-order valence-electron chi connectivity index (χ4n) is 1.83. The molecule has 1 unspecified atom stereocenters. The normalized spacial score (nSPS) is 13.3. The second kappa shape index (κ2) is 7.04. The first kappa shape index (κ1) is 19.7. The van der Waals surface area contributed by atoms with Crippen molar-refractivity contribution in [2.45, 2.75) is 38.6 Å². The van der Waals surface area contributed by atoms with Crippen LogP contribution in [0.1, 0.15) is 37.9 Å². The Morgan fingerprint density at radius 1 is 1.33 bits per heavy atom. The van der Waals surface area contributed by atoms with Crippen molar-refractivity contribution >= 4 is 11.8 Å². The van der Waals surface area contributed by atoms with Crippen LogP contribution in [0.5, 0.6) is 0 Å². The number of halogens is 3. The van der Waals surface area contributed by atoms with E-state index >= 15 is 0 Å². The summed E-state index contributed by atoms with van der Waals surface area (Å²) in [5.74, 6) is 0. The summed E-state index contributed by atoms with van der Waals surface area (Å²) in [4.78, 5) is 21.7. The summed E-state index contributed by atoms with van der Waals surface area (Å²) >= 11 is 0. The van der Waals surface area contributed by atoms with E-state index in [0.29, 0.717) is 12.1 Å². The van der Waals surface area contributed by atoms with Gasteiger partial charge >= 0.3 is 12.3 Å². The monoisotopic (exact) mass is 349 g/mol. The molecule has 0 spiro atoms. The number of nitrogens with one attached hydrogen (secondary N) is 1. The van der Waals surface area contributed by atoms with Gasteiger partial charge in [-0.2, -0.15) is 13.2 Å². The molecule has 1 atom stereocenters. The minimum absolute atomic E-state index is 0.134. The van der Waals surface area contributed by atoms with Crippen LogP contribution in [-0.2, 0) is 10.9 Å². The number of benzene rings is 1. The van der Waals surface area contributed by atoms with Crippen molar-refractivity contribution in [3.8, 4) is 0 Å². The maximum absolute atomic E-state index is 12.9. The predicted molar refractivity (Wildman–Crippen MR) is 79.3 cm³/mol. The van der Waals surface area contributed by atoms with Gasteiger partial charge in [0.15, 0.2) is 0 Å². The van der Waals surface area contributed by atoms with Crippen LogP contribution in [0, 0.1) is 10.1 Å². The lowest BCUT2D eigenvalue weighted by atomic mass is 10.0. The number of ether oxygens (including phenoxy) is 1. The number of carbonyl (C=O) groups is 1. The Labute approximate surface area is 136 Å². The Morgan fingerprint density at radius 2 is 1.92 bits per heavy atom. The molecule has 24 heavy (non-hydrogen) atoms. The number of hydrogen-bond donors (Lipinski definition) is 2. The molecule has 0 saturated heterocycles. The van der Waals surface area contributed by atoms with Crippen LogP contribution in [0.15, 0.2) is 18.2 Å². The van der Waals surface area contributed by atoms with Crippen LogP contribution >= 0.6 is 0 Å². The van der Waals surface area contributed by atoms with E-state index in [4.69, 9.17) is 10.5 Å². The Bertz CT molecular complexity index is 627. The highest BCUT2D eigenvalue weighted by Gasteiger charge is 2.33. The van der Waals surface area contributed by atoms with Crippen molar-refractivity contribution in [3.05, 3.63) is 39.4 Å². The van der Waals surface area contributed by atoms with Crippen molar-refractivity contribution in [1.82, 2.24) is 5.32 Å². The lowest BCUT2D eigenvalue weighted by Gasteiger charge is -2.23. The molecule has 0 radical (unpaired) electrons. The van der Waals surface area contributed by atoms with E-state index in [1.165, 1.54) is 0 Å². The standard InChI is InChI=1S/C14H18F3N3O4/c1-13(2,3)24-12(21)19-11(7-18)8-4-9(14(15,16)17)6-10(5-8)20(22)23/h4-6,11H,7,18H2,1-3H3,(H,19,21). The van der Waals surface area contributed by atoms with Crippen molar-refractivity contribution < 1.29 is 27.6 Å². The average molecular weight is 349 g/mol. The molecular weight excluding hydrogens is 331 g/mol. The van der Waals surface area contributed by atoms with Crippen LogP contribution in [0.3, 0.4) is 0 Å². The first-order chi connectivity index (χ1) is 10.8. The molecule has 1 rings (SSSR count). The summed E-state index contributed by atoms with van der Waals surface area (Å²) in [6, 6.07) is 0.997. The summed E-state index contributed by atoms with van der Waals surface area (Å²) in [7, 11) is 0. The molecule has 0 fully saturated rings. The fraction of sp³-hybridized carbons (Fsp3) is 0.500. The summed E-state index contributed by atoms with van der Waals surface area (Å²) < 4.78 is 43.7. The molecule has 0 aromatic heterocycles. The Hall–Kier alpha value is -2.36. The summed E-state index contributed by atoms with van der Waals surface area (Å²) in [5.41, 5.74) is 2.59. The molecule has 1 amide bonds. The van der Waals surface area contributed by atoms with Crippen molar-refractivity contribution in [1.29, 1.82) is 0 Å². The topological polar surface area (TPSA) is 107 Å². The molecule has 0 aliphatic rings. The Kier molecular flexibility index (Phi) is 5.77. The molecule has 134 valence electrons. The third-order valence-electron chi connectivity index (χ3n) is 2.81. The molecule has 0 bridgehead atoms. The average Bonchev–Trinajstić information content (AvgIpc) is 2.41. The number of non-ortho nitro benzene ring substituents is 1. The number of hydrogen-bond acceptors (Lipinski definition) is 5. The number of alkyl halides is 3. The zero-order valence-corrected chi connectivity index (χ0v) is 13.3. The van der Waals surface area contributed by atoms with Crippen LogP contribution in [0.25, 0.3) is 0 Å². The van der Waals surface area contributed by atoms with E-state index in [0.717, 1.165) is 6.07 Å². The number of rotatable bonds is 4. The highest BCUT2D eigenvalue weighted by Crippen LogP contribution is 2.34.